The van der Waals surface area contributed by atoms with Crippen molar-refractivity contribution in [1.29, 1.82) is 0 Å². The van der Waals surface area contributed by atoms with Crippen molar-refractivity contribution in [3.63, 3.8) is 0 Å². The maximum Gasteiger partial charge on any atom is 0.282 e. The summed E-state index contributed by atoms with van der Waals surface area (Å²) in [5, 5.41) is 5.03. The Bertz CT molecular complexity index is 1240. The summed E-state index contributed by atoms with van der Waals surface area (Å²) in [5.74, 6) is 1.89. The molecule has 176 valence electrons. The van der Waals surface area contributed by atoms with E-state index < -0.39 is 0 Å². The van der Waals surface area contributed by atoms with Gasteiger partial charge in [0.05, 0.1) is 34.8 Å². The van der Waals surface area contributed by atoms with Crippen molar-refractivity contribution in [2.75, 3.05) is 13.2 Å². The highest BCUT2D eigenvalue weighted by Crippen LogP contribution is 2.37. The number of halogens is 2. The lowest BCUT2D eigenvalue weighted by atomic mass is 9.99. The number of aromatic nitrogens is 2. The number of hydrogen-bond donors (Lipinski definition) is 0. The molecule has 0 aliphatic heterocycles. The summed E-state index contributed by atoms with van der Waals surface area (Å²) in [6, 6.07) is 9.24. The first-order chi connectivity index (χ1) is 15.5. The third-order valence-electron chi connectivity index (χ3n) is 4.65. The Morgan fingerprint density at radius 3 is 2.52 bits per heavy atom. The predicted octanol–water partition coefficient (Wildman–Crippen LogP) is 6.75. The molecule has 0 N–H and O–H groups in total. The SMILES string of the molecule is CCOc1cc(C=Nn2c(C(C)C)nc3ccc(Br)cc3c2=O)cc(Br)c1OCC(C)(C)C. The summed E-state index contributed by atoms with van der Waals surface area (Å²) in [5.41, 5.74) is 1.22. The second-order valence-electron chi connectivity index (χ2n) is 9.26. The first-order valence-corrected chi connectivity index (χ1v) is 12.4. The van der Waals surface area contributed by atoms with E-state index in [0.717, 1.165) is 14.5 Å². The number of hydrogen-bond acceptors (Lipinski definition) is 5. The fraction of sp³-hybridized carbons (Fsp3) is 0.400. The minimum absolute atomic E-state index is 0.00947. The molecule has 0 radical (unpaired) electrons. The largest absolute Gasteiger partial charge is 0.490 e. The van der Waals surface area contributed by atoms with E-state index in [1.54, 1.807) is 12.3 Å². The van der Waals surface area contributed by atoms with Crippen molar-refractivity contribution >= 4 is 49.0 Å². The Kier molecular flexibility index (Phi) is 8.00. The Morgan fingerprint density at radius 2 is 1.88 bits per heavy atom. The lowest BCUT2D eigenvalue weighted by Crippen LogP contribution is -2.23. The Balaban J connectivity index is 2.06. The molecule has 33 heavy (non-hydrogen) atoms. The topological polar surface area (TPSA) is 65.7 Å². The van der Waals surface area contributed by atoms with E-state index >= 15 is 0 Å². The van der Waals surface area contributed by atoms with Crippen molar-refractivity contribution in [3.8, 4) is 11.5 Å². The van der Waals surface area contributed by atoms with E-state index in [1.807, 2.05) is 45.0 Å². The van der Waals surface area contributed by atoms with Gasteiger partial charge in [-0.05, 0) is 64.2 Å². The molecule has 1 aromatic heterocycles. The van der Waals surface area contributed by atoms with Crippen LogP contribution >= 0.6 is 31.9 Å². The van der Waals surface area contributed by atoms with E-state index in [0.29, 0.717) is 41.4 Å². The molecule has 0 fully saturated rings. The van der Waals surface area contributed by atoms with Gasteiger partial charge in [0.15, 0.2) is 11.5 Å². The molecule has 3 rings (SSSR count). The lowest BCUT2D eigenvalue weighted by Gasteiger charge is -2.21. The summed E-state index contributed by atoms with van der Waals surface area (Å²) in [6.07, 6.45) is 1.64. The molecule has 0 bridgehead atoms. The molecular formula is C25H29Br2N3O3. The first-order valence-electron chi connectivity index (χ1n) is 10.9. The van der Waals surface area contributed by atoms with Gasteiger partial charge in [-0.3, -0.25) is 4.79 Å². The molecule has 3 aromatic rings. The fourth-order valence-electron chi connectivity index (χ4n) is 3.13. The zero-order valence-electron chi connectivity index (χ0n) is 19.8. The van der Waals surface area contributed by atoms with Crippen LogP contribution in [0.4, 0.5) is 0 Å². The summed E-state index contributed by atoms with van der Waals surface area (Å²) >= 11 is 7.03. The second-order valence-corrected chi connectivity index (χ2v) is 11.0. The van der Waals surface area contributed by atoms with Crippen LogP contribution in [0.2, 0.25) is 0 Å². The quantitative estimate of drug-likeness (QED) is 0.291. The summed E-state index contributed by atoms with van der Waals surface area (Å²) in [7, 11) is 0. The average molecular weight is 579 g/mol. The normalized spacial score (nSPS) is 12.2. The first kappa shape index (κ1) is 25.4. The van der Waals surface area contributed by atoms with Crippen LogP contribution in [0.1, 0.15) is 58.8 Å². The van der Waals surface area contributed by atoms with Crippen LogP contribution in [0, 0.1) is 5.41 Å². The van der Waals surface area contributed by atoms with Crippen molar-refractivity contribution in [2.24, 2.45) is 10.5 Å². The van der Waals surface area contributed by atoms with Gasteiger partial charge in [0.25, 0.3) is 5.56 Å². The van der Waals surface area contributed by atoms with Crippen molar-refractivity contribution in [2.45, 2.75) is 47.5 Å². The van der Waals surface area contributed by atoms with E-state index in [-0.39, 0.29) is 16.9 Å². The van der Waals surface area contributed by atoms with Crippen LogP contribution in [-0.4, -0.2) is 29.1 Å². The molecular weight excluding hydrogens is 550 g/mol. The molecule has 0 saturated carbocycles. The fourth-order valence-corrected chi connectivity index (χ4v) is 4.07. The van der Waals surface area contributed by atoms with Gasteiger partial charge in [-0.1, -0.05) is 50.5 Å². The van der Waals surface area contributed by atoms with Gasteiger partial charge in [0.2, 0.25) is 0 Å². The van der Waals surface area contributed by atoms with Crippen LogP contribution < -0.4 is 15.0 Å². The Morgan fingerprint density at radius 1 is 1.15 bits per heavy atom. The summed E-state index contributed by atoms with van der Waals surface area (Å²) in [4.78, 5) is 17.9. The molecule has 8 heteroatoms. The molecule has 6 nitrogen and oxygen atoms in total. The number of ether oxygens (including phenoxy) is 2. The van der Waals surface area contributed by atoms with E-state index in [2.05, 4.69) is 62.7 Å². The maximum absolute atomic E-state index is 13.2. The monoisotopic (exact) mass is 577 g/mol. The van der Waals surface area contributed by atoms with Crippen molar-refractivity contribution in [3.05, 3.63) is 61.0 Å². The number of rotatable bonds is 7. The molecule has 0 atom stereocenters. The number of benzene rings is 2. The second kappa shape index (κ2) is 10.4. The van der Waals surface area contributed by atoms with Crippen LogP contribution in [-0.2, 0) is 0 Å². The van der Waals surface area contributed by atoms with E-state index in [9.17, 15) is 4.79 Å². The van der Waals surface area contributed by atoms with Crippen molar-refractivity contribution < 1.29 is 9.47 Å². The van der Waals surface area contributed by atoms with Crippen LogP contribution in [0.15, 0.2) is 49.2 Å². The van der Waals surface area contributed by atoms with E-state index in [4.69, 9.17) is 9.47 Å². The molecule has 2 aromatic carbocycles. The molecule has 0 saturated heterocycles. The number of nitrogens with zero attached hydrogens (tertiary/aromatic N) is 3. The average Bonchev–Trinajstić information content (AvgIpc) is 2.72. The van der Waals surface area contributed by atoms with Crippen LogP contribution in [0.25, 0.3) is 10.9 Å². The highest BCUT2D eigenvalue weighted by Gasteiger charge is 2.17. The molecule has 0 amide bonds. The molecule has 0 aliphatic rings. The van der Waals surface area contributed by atoms with Gasteiger partial charge in [-0.2, -0.15) is 9.78 Å². The Labute approximate surface area is 211 Å². The molecule has 1 heterocycles. The maximum atomic E-state index is 13.2. The van der Waals surface area contributed by atoms with Crippen LogP contribution in [0.3, 0.4) is 0 Å². The van der Waals surface area contributed by atoms with Crippen LogP contribution in [0.5, 0.6) is 11.5 Å². The van der Waals surface area contributed by atoms with Gasteiger partial charge in [-0.15, -0.1) is 0 Å². The third-order valence-corrected chi connectivity index (χ3v) is 5.74. The smallest absolute Gasteiger partial charge is 0.282 e. The van der Waals surface area contributed by atoms with Gasteiger partial charge in [0.1, 0.15) is 5.82 Å². The minimum atomic E-state index is -0.213. The molecule has 0 spiro atoms. The summed E-state index contributed by atoms with van der Waals surface area (Å²) < 4.78 is 14.8. The third kappa shape index (κ3) is 6.23. The molecule has 0 unspecified atom stereocenters. The van der Waals surface area contributed by atoms with Gasteiger partial charge in [0, 0.05) is 10.4 Å². The highest BCUT2D eigenvalue weighted by molar-refractivity contribution is 9.10. The lowest BCUT2D eigenvalue weighted by molar-refractivity contribution is 0.187. The highest BCUT2D eigenvalue weighted by atomic mass is 79.9. The van der Waals surface area contributed by atoms with Gasteiger partial charge in [-0.25, -0.2) is 4.98 Å². The van der Waals surface area contributed by atoms with Gasteiger partial charge >= 0.3 is 0 Å². The minimum Gasteiger partial charge on any atom is -0.490 e. The van der Waals surface area contributed by atoms with E-state index in [1.165, 1.54) is 4.68 Å². The Hall–Kier alpha value is -2.19. The zero-order chi connectivity index (χ0) is 24.3. The zero-order valence-corrected chi connectivity index (χ0v) is 22.9. The summed E-state index contributed by atoms with van der Waals surface area (Å²) in [6.45, 7) is 13.3. The number of fused-ring (bicyclic) bond motifs is 1. The predicted molar refractivity (Wildman–Crippen MR) is 141 cm³/mol. The van der Waals surface area contributed by atoms with Crippen molar-refractivity contribution in [1.82, 2.24) is 9.66 Å². The standard InChI is InChI=1S/C25H29Br2N3O3/c1-7-32-21-11-16(10-19(27)22(21)33-14-25(4,5)6)13-28-30-23(15(2)3)29-20-9-8-17(26)12-18(20)24(30)31/h8-13,15H,7,14H2,1-6H3. The molecule has 0 aliphatic carbocycles. The van der Waals surface area contributed by atoms with Gasteiger partial charge < -0.3 is 9.47 Å².